The van der Waals surface area contributed by atoms with Crippen molar-refractivity contribution in [3.05, 3.63) is 29.8 Å². The van der Waals surface area contributed by atoms with Gasteiger partial charge in [0.05, 0.1) is 7.11 Å². The maximum Gasteiger partial charge on any atom is 0.122 e. The van der Waals surface area contributed by atoms with Gasteiger partial charge in [0.15, 0.2) is 0 Å². The van der Waals surface area contributed by atoms with Gasteiger partial charge in [0, 0.05) is 6.54 Å². The van der Waals surface area contributed by atoms with Crippen molar-refractivity contribution in [3.8, 4) is 5.75 Å². The van der Waals surface area contributed by atoms with Gasteiger partial charge in [-0.25, -0.2) is 0 Å². The number of methoxy groups -OCH3 is 1. The van der Waals surface area contributed by atoms with Crippen LogP contribution < -0.4 is 10.1 Å². The van der Waals surface area contributed by atoms with Crippen LogP contribution in [0.5, 0.6) is 5.75 Å². The van der Waals surface area contributed by atoms with Gasteiger partial charge in [-0.1, -0.05) is 25.1 Å². The van der Waals surface area contributed by atoms with Crippen molar-refractivity contribution in [3.63, 3.8) is 0 Å². The lowest BCUT2D eigenvalue weighted by molar-refractivity contribution is 0.403. The Hall–Kier alpha value is -1.02. The number of para-hydroxylation sites is 1. The van der Waals surface area contributed by atoms with Crippen LogP contribution in [0.25, 0.3) is 0 Å². The van der Waals surface area contributed by atoms with Crippen molar-refractivity contribution in [2.45, 2.75) is 19.3 Å². The van der Waals surface area contributed by atoms with Gasteiger partial charge in [0.2, 0.25) is 0 Å². The van der Waals surface area contributed by atoms with Gasteiger partial charge >= 0.3 is 0 Å². The van der Waals surface area contributed by atoms with Gasteiger partial charge in [0.25, 0.3) is 0 Å². The molecule has 0 aromatic heterocycles. The molecule has 0 bridgehead atoms. The Morgan fingerprint density at radius 2 is 2.07 bits per heavy atom. The van der Waals surface area contributed by atoms with Crippen LogP contribution in [0, 0.1) is 0 Å². The van der Waals surface area contributed by atoms with E-state index in [1.54, 1.807) is 7.11 Å². The standard InChI is InChI=1S/C12H19NO/c1-4-10(9-13-2)11-7-5-6-8-12(11)14-3/h5-8,10,13H,4,9H2,1-3H3. The number of rotatable bonds is 5. The quantitative estimate of drug-likeness (QED) is 0.775. The number of hydrogen-bond donors (Lipinski definition) is 1. The van der Waals surface area contributed by atoms with Crippen LogP contribution in [0.15, 0.2) is 24.3 Å². The number of benzene rings is 1. The van der Waals surface area contributed by atoms with E-state index in [-0.39, 0.29) is 0 Å². The first-order chi connectivity index (χ1) is 6.83. The second kappa shape index (κ2) is 5.66. The monoisotopic (exact) mass is 193 g/mol. The highest BCUT2D eigenvalue weighted by molar-refractivity contribution is 5.36. The molecule has 1 aromatic carbocycles. The molecule has 0 fully saturated rings. The minimum absolute atomic E-state index is 0.538. The molecule has 1 unspecified atom stereocenters. The Morgan fingerprint density at radius 3 is 2.64 bits per heavy atom. The molecule has 0 heterocycles. The van der Waals surface area contributed by atoms with E-state index >= 15 is 0 Å². The first-order valence-corrected chi connectivity index (χ1v) is 5.11. The van der Waals surface area contributed by atoms with Gasteiger partial charge in [-0.2, -0.15) is 0 Å². The Morgan fingerprint density at radius 1 is 1.36 bits per heavy atom. The van der Waals surface area contributed by atoms with Gasteiger partial charge in [0.1, 0.15) is 5.75 Å². The molecule has 0 amide bonds. The van der Waals surface area contributed by atoms with Crippen LogP contribution in [0.1, 0.15) is 24.8 Å². The highest BCUT2D eigenvalue weighted by Crippen LogP contribution is 2.27. The van der Waals surface area contributed by atoms with Gasteiger partial charge in [-0.15, -0.1) is 0 Å². The third kappa shape index (κ3) is 2.48. The average molecular weight is 193 g/mol. The highest BCUT2D eigenvalue weighted by Gasteiger charge is 2.12. The van der Waals surface area contributed by atoms with Crippen molar-refractivity contribution in [1.29, 1.82) is 0 Å². The topological polar surface area (TPSA) is 21.3 Å². The minimum Gasteiger partial charge on any atom is -0.496 e. The lowest BCUT2D eigenvalue weighted by Crippen LogP contribution is -2.17. The minimum atomic E-state index is 0.538. The maximum atomic E-state index is 5.35. The van der Waals surface area contributed by atoms with E-state index in [0.717, 1.165) is 18.7 Å². The molecule has 1 rings (SSSR count). The molecular weight excluding hydrogens is 174 g/mol. The Balaban J connectivity index is 2.90. The second-order valence-electron chi connectivity index (χ2n) is 3.40. The lowest BCUT2D eigenvalue weighted by Gasteiger charge is -2.17. The third-order valence-electron chi connectivity index (χ3n) is 2.52. The van der Waals surface area contributed by atoms with Crippen molar-refractivity contribution in [1.82, 2.24) is 5.32 Å². The number of ether oxygens (including phenoxy) is 1. The number of hydrogen-bond acceptors (Lipinski definition) is 2. The highest BCUT2D eigenvalue weighted by atomic mass is 16.5. The molecule has 1 atom stereocenters. The molecule has 0 radical (unpaired) electrons. The third-order valence-corrected chi connectivity index (χ3v) is 2.52. The Kier molecular flexibility index (Phi) is 4.47. The molecular formula is C12H19NO. The molecule has 0 aliphatic heterocycles. The normalized spacial score (nSPS) is 12.5. The number of likely N-dealkylation sites (N-methyl/N-ethyl adjacent to an activating group) is 1. The molecule has 78 valence electrons. The molecule has 0 aliphatic rings. The zero-order chi connectivity index (χ0) is 10.4. The SMILES string of the molecule is CCC(CNC)c1ccccc1OC. The molecule has 1 N–H and O–H groups in total. The van der Waals surface area contributed by atoms with Gasteiger partial charge in [-0.3, -0.25) is 0 Å². The van der Waals surface area contributed by atoms with E-state index in [1.807, 2.05) is 19.2 Å². The Bertz CT molecular complexity index is 273. The van der Waals surface area contributed by atoms with Crippen LogP contribution in [-0.2, 0) is 0 Å². The molecule has 1 aromatic rings. The molecule has 14 heavy (non-hydrogen) atoms. The summed E-state index contributed by atoms with van der Waals surface area (Å²) < 4.78 is 5.35. The van der Waals surface area contributed by atoms with E-state index in [9.17, 15) is 0 Å². The molecule has 0 saturated carbocycles. The molecule has 0 saturated heterocycles. The van der Waals surface area contributed by atoms with Crippen molar-refractivity contribution in [2.75, 3.05) is 20.7 Å². The summed E-state index contributed by atoms with van der Waals surface area (Å²) in [5, 5.41) is 3.21. The van der Waals surface area contributed by atoms with Crippen LogP contribution >= 0.6 is 0 Å². The second-order valence-corrected chi connectivity index (χ2v) is 3.40. The summed E-state index contributed by atoms with van der Waals surface area (Å²) in [6.07, 6.45) is 1.13. The first kappa shape index (κ1) is 11.1. The molecule has 0 spiro atoms. The lowest BCUT2D eigenvalue weighted by atomic mass is 9.95. The summed E-state index contributed by atoms with van der Waals surface area (Å²) in [7, 11) is 3.71. The average Bonchev–Trinajstić information content (AvgIpc) is 2.26. The summed E-state index contributed by atoms with van der Waals surface area (Å²) in [5.41, 5.74) is 1.30. The van der Waals surface area contributed by atoms with E-state index < -0.39 is 0 Å². The predicted octanol–water partition coefficient (Wildman–Crippen LogP) is 2.41. The smallest absolute Gasteiger partial charge is 0.122 e. The molecule has 0 aliphatic carbocycles. The van der Waals surface area contributed by atoms with Crippen molar-refractivity contribution >= 4 is 0 Å². The summed E-state index contributed by atoms with van der Waals surface area (Å²) in [4.78, 5) is 0. The summed E-state index contributed by atoms with van der Waals surface area (Å²) in [5.74, 6) is 1.53. The zero-order valence-corrected chi connectivity index (χ0v) is 9.21. The summed E-state index contributed by atoms with van der Waals surface area (Å²) in [6.45, 7) is 3.20. The maximum absolute atomic E-state index is 5.35. The van der Waals surface area contributed by atoms with Gasteiger partial charge < -0.3 is 10.1 Å². The summed E-state index contributed by atoms with van der Waals surface area (Å²) >= 11 is 0. The van der Waals surface area contributed by atoms with E-state index in [4.69, 9.17) is 4.74 Å². The van der Waals surface area contributed by atoms with Crippen molar-refractivity contribution < 1.29 is 4.74 Å². The van der Waals surface area contributed by atoms with E-state index in [1.165, 1.54) is 5.56 Å². The fourth-order valence-electron chi connectivity index (χ4n) is 1.72. The van der Waals surface area contributed by atoms with Gasteiger partial charge in [-0.05, 0) is 31.0 Å². The zero-order valence-electron chi connectivity index (χ0n) is 9.21. The fourth-order valence-corrected chi connectivity index (χ4v) is 1.72. The van der Waals surface area contributed by atoms with E-state index in [0.29, 0.717) is 5.92 Å². The van der Waals surface area contributed by atoms with E-state index in [2.05, 4.69) is 24.4 Å². The largest absolute Gasteiger partial charge is 0.496 e. The van der Waals surface area contributed by atoms with Crippen LogP contribution in [0.3, 0.4) is 0 Å². The van der Waals surface area contributed by atoms with Crippen LogP contribution in [0.2, 0.25) is 0 Å². The number of nitrogens with one attached hydrogen (secondary N) is 1. The van der Waals surface area contributed by atoms with Crippen molar-refractivity contribution in [2.24, 2.45) is 0 Å². The molecule has 2 nitrogen and oxygen atoms in total. The van der Waals surface area contributed by atoms with Crippen LogP contribution in [0.4, 0.5) is 0 Å². The molecule has 2 heteroatoms. The van der Waals surface area contributed by atoms with Crippen LogP contribution in [-0.4, -0.2) is 20.7 Å². The summed E-state index contributed by atoms with van der Waals surface area (Å²) in [6, 6.07) is 8.24. The first-order valence-electron chi connectivity index (χ1n) is 5.11. The fraction of sp³-hybridized carbons (Fsp3) is 0.500. The predicted molar refractivity (Wildman–Crippen MR) is 60.0 cm³/mol. The Labute approximate surface area is 86.3 Å².